The zero-order valence-electron chi connectivity index (χ0n) is 4.66. The first-order valence-corrected chi connectivity index (χ1v) is 2.41. The Morgan fingerprint density at radius 3 is 2.11 bits per heavy atom. The van der Waals surface area contributed by atoms with Gasteiger partial charge in [-0.05, 0) is 0 Å². The van der Waals surface area contributed by atoms with Crippen LogP contribution in [0, 0.1) is 0 Å². The zero-order valence-corrected chi connectivity index (χ0v) is 7.56. The van der Waals surface area contributed by atoms with Crippen molar-refractivity contribution in [3.8, 4) is 0 Å². The van der Waals surface area contributed by atoms with E-state index in [-0.39, 0.29) is 43.7 Å². The zero-order chi connectivity index (χ0) is 5.86. The van der Waals surface area contributed by atoms with E-state index in [2.05, 4.69) is 12.6 Å². The van der Waals surface area contributed by atoms with Crippen LogP contribution >= 0.6 is 12.6 Å². The van der Waals surface area contributed by atoms with Gasteiger partial charge in [0.25, 0.3) is 0 Å². The van der Waals surface area contributed by atoms with Crippen molar-refractivity contribution in [1.82, 2.24) is 0 Å². The smallest absolute Gasteiger partial charge is 0.480 e. The minimum atomic E-state index is -1.00. The van der Waals surface area contributed by atoms with Crippen LogP contribution in [-0.4, -0.2) is 31.3 Å². The summed E-state index contributed by atoms with van der Waals surface area (Å²) in [7, 11) is 0. The summed E-state index contributed by atoms with van der Waals surface area (Å²) in [5.74, 6) is -0.815. The monoisotopic (exact) mass is 159 g/mol. The van der Waals surface area contributed by atoms with Gasteiger partial charge < -0.3 is 10.8 Å². The Balaban J connectivity index is -0.000000180. The van der Waals surface area contributed by atoms with Gasteiger partial charge >= 0.3 is 35.5 Å². The van der Waals surface area contributed by atoms with Gasteiger partial charge in [-0.1, -0.05) is 8.41 Å². The molecular weight excluding hydrogens is 148 g/mol. The molecule has 0 aromatic carbocycles. The fraction of sp³-hybridized carbons (Fsp3) is 0.667. The molecule has 0 aliphatic carbocycles. The van der Waals surface area contributed by atoms with Gasteiger partial charge in [-0.3, -0.25) is 4.79 Å². The van der Waals surface area contributed by atoms with Crippen molar-refractivity contribution in [2.75, 3.05) is 5.75 Å². The van der Waals surface area contributed by atoms with Gasteiger partial charge in [0.2, 0.25) is 0 Å². The van der Waals surface area contributed by atoms with E-state index in [4.69, 9.17) is 10.8 Å². The number of carboxylic acids is 1. The summed E-state index contributed by atoms with van der Waals surface area (Å²) in [5, 5.41) is 8.01. The number of hydrogen-bond donors (Lipinski definition) is 3. The van der Waals surface area contributed by atoms with E-state index < -0.39 is 12.0 Å². The van der Waals surface area contributed by atoms with E-state index in [1.165, 1.54) is 0 Å². The van der Waals surface area contributed by atoms with Crippen molar-refractivity contribution < 1.29 is 39.5 Å². The molecule has 0 heterocycles. The fourth-order valence-corrected chi connectivity index (χ4v) is 0.234. The minimum Gasteiger partial charge on any atom is -0.480 e. The van der Waals surface area contributed by atoms with Crippen LogP contribution in [0.25, 0.3) is 0 Å². The molecule has 9 heavy (non-hydrogen) atoms. The molecule has 0 aliphatic heterocycles. The van der Waals surface area contributed by atoms with E-state index in [9.17, 15) is 4.79 Å². The quantitative estimate of drug-likeness (QED) is 0.279. The van der Waals surface area contributed by atoms with Crippen LogP contribution in [0.2, 0.25) is 0 Å². The molecule has 0 aromatic rings. The topological polar surface area (TPSA) is 63.3 Å². The van der Waals surface area contributed by atoms with Gasteiger partial charge in [0.05, 0.1) is 0 Å². The van der Waals surface area contributed by atoms with Crippen molar-refractivity contribution in [2.24, 2.45) is 5.73 Å². The van der Waals surface area contributed by atoms with Gasteiger partial charge in [0.15, 0.2) is 0 Å². The van der Waals surface area contributed by atoms with Crippen molar-refractivity contribution in [2.45, 2.75) is 6.04 Å². The summed E-state index contributed by atoms with van der Waals surface area (Å²) >= 11 is 3.65. The predicted octanol–water partition coefficient (Wildman–Crippen LogP) is -5.12. The molecule has 0 fully saturated rings. The maximum atomic E-state index is 9.76. The van der Waals surface area contributed by atoms with E-state index in [1.54, 1.807) is 0 Å². The number of carboxylic acid groups (broad SMARTS) is 1. The van der Waals surface area contributed by atoms with Crippen LogP contribution < -0.4 is 35.3 Å². The van der Waals surface area contributed by atoms with Crippen molar-refractivity contribution in [3.63, 3.8) is 0 Å². The predicted molar refractivity (Wildman–Crippen MR) is 40.8 cm³/mol. The normalized spacial score (nSPS) is 10.4. The standard InChI is InChI=1S/C3H7NO2S.BH4.Na/c4-2(1-7)3(5)6;;/h2,7H,1,4H2,(H,5,6);1H4;/q;-1;+1. The molecule has 0 aromatic heterocycles. The number of aliphatic carboxylic acids is 1. The Morgan fingerprint density at radius 2 is 2.11 bits per heavy atom. The fourth-order valence-electron chi connectivity index (χ4n) is 0.0781. The first-order valence-electron chi connectivity index (χ1n) is 1.77. The Hall–Kier alpha value is 0.845. The van der Waals surface area contributed by atoms with Gasteiger partial charge in [-0.15, -0.1) is 0 Å². The average Bonchev–Trinajstić information content (AvgIpc) is 1.65. The molecule has 0 spiro atoms. The molecule has 0 bridgehead atoms. The molecular formula is C3H11BNNaO2S. The molecule has 1 unspecified atom stereocenters. The summed E-state index contributed by atoms with van der Waals surface area (Å²) in [6.07, 6.45) is 0. The summed E-state index contributed by atoms with van der Waals surface area (Å²) in [4.78, 5) is 9.76. The van der Waals surface area contributed by atoms with Crippen molar-refractivity contribution in [3.05, 3.63) is 0 Å². The molecule has 0 aliphatic rings. The molecule has 0 amide bonds. The number of rotatable bonds is 2. The Bertz CT molecular complexity index is 84.2. The summed E-state index contributed by atoms with van der Waals surface area (Å²) in [6, 6.07) is -0.816. The molecule has 0 saturated heterocycles. The summed E-state index contributed by atoms with van der Waals surface area (Å²) in [6.45, 7) is 0. The number of nitrogens with two attached hydrogens (primary N) is 1. The molecule has 3 N–H and O–H groups in total. The second-order valence-electron chi connectivity index (χ2n) is 1.13. The van der Waals surface area contributed by atoms with Gasteiger partial charge in [-0.2, -0.15) is 12.6 Å². The Labute approximate surface area is 83.7 Å². The molecule has 0 radical (unpaired) electrons. The van der Waals surface area contributed by atoms with Crippen LogP contribution in [0.3, 0.4) is 0 Å². The number of thiol groups is 1. The van der Waals surface area contributed by atoms with Crippen molar-refractivity contribution in [1.29, 1.82) is 0 Å². The minimum absolute atomic E-state index is 0. The molecule has 3 nitrogen and oxygen atoms in total. The average molecular weight is 159 g/mol. The van der Waals surface area contributed by atoms with Crippen LogP contribution in [0.1, 0.15) is 0 Å². The SMILES string of the molecule is NC(CS)C(=O)O.[BH4-].[Na+]. The van der Waals surface area contributed by atoms with Gasteiger partial charge in [0, 0.05) is 5.75 Å². The maximum absolute atomic E-state index is 9.76. The third-order valence-electron chi connectivity index (χ3n) is 0.514. The van der Waals surface area contributed by atoms with Crippen LogP contribution in [0.4, 0.5) is 0 Å². The molecule has 0 saturated carbocycles. The van der Waals surface area contributed by atoms with Gasteiger partial charge in [0.1, 0.15) is 6.04 Å². The van der Waals surface area contributed by atoms with Gasteiger partial charge in [-0.25, -0.2) is 0 Å². The summed E-state index contributed by atoms with van der Waals surface area (Å²) < 4.78 is 0. The molecule has 1 atom stereocenters. The van der Waals surface area contributed by atoms with Crippen LogP contribution in [0.15, 0.2) is 0 Å². The van der Waals surface area contributed by atoms with E-state index in [0.717, 1.165) is 0 Å². The first kappa shape index (κ1) is 16.4. The largest absolute Gasteiger partial charge is 1.00 e. The first-order chi connectivity index (χ1) is 3.18. The number of carbonyl (C=O) groups is 1. The second kappa shape index (κ2) is 8.84. The summed E-state index contributed by atoms with van der Waals surface area (Å²) in [5.41, 5.74) is 4.94. The van der Waals surface area contributed by atoms with E-state index in [0.29, 0.717) is 0 Å². The molecule has 50 valence electrons. The third-order valence-corrected chi connectivity index (χ3v) is 0.907. The van der Waals surface area contributed by atoms with Crippen LogP contribution in [0.5, 0.6) is 0 Å². The Kier molecular flexibility index (Phi) is 16.2. The third kappa shape index (κ3) is 8.84. The van der Waals surface area contributed by atoms with Crippen molar-refractivity contribution >= 4 is 27.0 Å². The molecule has 0 rings (SSSR count). The van der Waals surface area contributed by atoms with Crippen LogP contribution in [-0.2, 0) is 4.79 Å². The maximum Gasteiger partial charge on any atom is 1.00 e. The molecule has 6 heteroatoms. The Morgan fingerprint density at radius 1 is 1.78 bits per heavy atom. The van der Waals surface area contributed by atoms with E-state index >= 15 is 0 Å². The van der Waals surface area contributed by atoms with E-state index in [1.807, 2.05) is 0 Å². The second-order valence-corrected chi connectivity index (χ2v) is 1.49. The number of hydrogen-bond acceptors (Lipinski definition) is 3.